The largest absolute Gasteiger partial charge is 0.456 e. The Morgan fingerprint density at radius 1 is 0.968 bits per heavy atom. The number of esters is 1. The molecule has 0 aromatic heterocycles. The minimum atomic E-state index is -3.81. The van der Waals surface area contributed by atoms with E-state index < -0.39 is 33.3 Å². The van der Waals surface area contributed by atoms with E-state index in [1.165, 1.54) is 12.1 Å². The van der Waals surface area contributed by atoms with Gasteiger partial charge in [0.05, 0.1) is 17.1 Å². The highest BCUT2D eigenvalue weighted by Gasteiger charge is 2.22. The van der Waals surface area contributed by atoms with Crippen molar-refractivity contribution in [2.24, 2.45) is 0 Å². The number of ether oxygens (including phenoxy) is 1. The third-order valence-electron chi connectivity index (χ3n) is 4.40. The fraction of sp³-hybridized carbons (Fsp3) is 0.435. The van der Waals surface area contributed by atoms with Crippen molar-refractivity contribution in [3.05, 3.63) is 64.7 Å². The SMILES string of the molecule is Cc1ccc(S(=O)(=O)OCCCCCc2cc(F)c(F)cc2C(=O)OC(C)(C)C)cc1. The molecule has 8 heteroatoms. The second-order valence-corrected chi connectivity index (χ2v) is 9.94. The summed E-state index contributed by atoms with van der Waals surface area (Å²) in [5, 5.41) is 0. The zero-order valence-corrected chi connectivity index (χ0v) is 19.0. The first-order chi connectivity index (χ1) is 14.4. The molecule has 0 N–H and O–H groups in total. The summed E-state index contributed by atoms with van der Waals surface area (Å²) < 4.78 is 62.0. The van der Waals surface area contributed by atoms with Crippen molar-refractivity contribution >= 4 is 16.1 Å². The average molecular weight is 455 g/mol. The first-order valence-electron chi connectivity index (χ1n) is 10.1. The Morgan fingerprint density at radius 3 is 2.19 bits per heavy atom. The molecule has 0 saturated heterocycles. The molecule has 0 unspecified atom stereocenters. The molecule has 2 aromatic carbocycles. The van der Waals surface area contributed by atoms with Gasteiger partial charge >= 0.3 is 5.97 Å². The third kappa shape index (κ3) is 7.70. The molecule has 0 heterocycles. The van der Waals surface area contributed by atoms with E-state index in [1.54, 1.807) is 32.9 Å². The summed E-state index contributed by atoms with van der Waals surface area (Å²) in [4.78, 5) is 12.4. The molecule has 5 nitrogen and oxygen atoms in total. The van der Waals surface area contributed by atoms with Gasteiger partial charge in [0.15, 0.2) is 11.6 Å². The minimum Gasteiger partial charge on any atom is -0.456 e. The molecule has 0 atom stereocenters. The molecular weight excluding hydrogens is 426 g/mol. The van der Waals surface area contributed by atoms with Crippen LogP contribution in [-0.2, 0) is 25.5 Å². The van der Waals surface area contributed by atoms with E-state index in [9.17, 15) is 22.0 Å². The van der Waals surface area contributed by atoms with Crippen LogP contribution in [0.2, 0.25) is 0 Å². The zero-order valence-electron chi connectivity index (χ0n) is 18.2. The number of unbranched alkanes of at least 4 members (excludes halogenated alkanes) is 2. The van der Waals surface area contributed by atoms with Gasteiger partial charge in [0, 0.05) is 0 Å². The van der Waals surface area contributed by atoms with Gasteiger partial charge < -0.3 is 4.74 Å². The van der Waals surface area contributed by atoms with Crippen LogP contribution in [0, 0.1) is 18.6 Å². The number of halogens is 2. The van der Waals surface area contributed by atoms with Gasteiger partial charge in [-0.05, 0) is 76.8 Å². The molecule has 170 valence electrons. The summed E-state index contributed by atoms with van der Waals surface area (Å²) in [6.07, 6.45) is 1.89. The van der Waals surface area contributed by atoms with E-state index in [-0.39, 0.29) is 17.1 Å². The van der Waals surface area contributed by atoms with Gasteiger partial charge in [0.25, 0.3) is 10.1 Å². The summed E-state index contributed by atoms with van der Waals surface area (Å²) in [6.45, 7) is 6.94. The molecule has 0 aliphatic heterocycles. The van der Waals surface area contributed by atoms with Crippen LogP contribution in [0.1, 0.15) is 61.5 Å². The van der Waals surface area contributed by atoms with Crippen LogP contribution >= 0.6 is 0 Å². The lowest BCUT2D eigenvalue weighted by molar-refractivity contribution is 0.00676. The lowest BCUT2D eigenvalue weighted by Crippen LogP contribution is -2.24. The molecule has 0 bridgehead atoms. The molecule has 0 amide bonds. The van der Waals surface area contributed by atoms with Crippen molar-refractivity contribution in [1.29, 1.82) is 0 Å². The zero-order chi connectivity index (χ0) is 23.2. The lowest BCUT2D eigenvalue weighted by atomic mass is 10.0. The van der Waals surface area contributed by atoms with Gasteiger partial charge in [-0.3, -0.25) is 4.18 Å². The van der Waals surface area contributed by atoms with E-state index in [1.807, 2.05) is 6.92 Å². The van der Waals surface area contributed by atoms with Crippen LogP contribution < -0.4 is 0 Å². The van der Waals surface area contributed by atoms with E-state index in [0.29, 0.717) is 31.2 Å². The van der Waals surface area contributed by atoms with E-state index in [0.717, 1.165) is 17.7 Å². The maximum Gasteiger partial charge on any atom is 0.339 e. The van der Waals surface area contributed by atoms with Crippen LogP contribution in [0.4, 0.5) is 8.78 Å². The number of aryl methyl sites for hydroxylation is 2. The molecule has 0 saturated carbocycles. The van der Waals surface area contributed by atoms with Crippen LogP contribution in [0.5, 0.6) is 0 Å². The molecule has 2 aromatic rings. The predicted molar refractivity (Wildman–Crippen MR) is 113 cm³/mol. The number of benzene rings is 2. The Labute approximate surface area is 182 Å². The Morgan fingerprint density at radius 2 is 1.58 bits per heavy atom. The summed E-state index contributed by atoms with van der Waals surface area (Å²) >= 11 is 0. The van der Waals surface area contributed by atoms with Crippen molar-refractivity contribution in [2.45, 2.75) is 63.9 Å². The highest BCUT2D eigenvalue weighted by Crippen LogP contribution is 2.21. The molecule has 0 aliphatic rings. The average Bonchev–Trinajstić information content (AvgIpc) is 2.66. The van der Waals surface area contributed by atoms with Gasteiger partial charge in [-0.25, -0.2) is 13.6 Å². The number of hydrogen-bond acceptors (Lipinski definition) is 5. The van der Waals surface area contributed by atoms with Crippen molar-refractivity contribution in [3.63, 3.8) is 0 Å². The van der Waals surface area contributed by atoms with Gasteiger partial charge in [0.1, 0.15) is 5.60 Å². The molecule has 31 heavy (non-hydrogen) atoms. The van der Waals surface area contributed by atoms with Crippen molar-refractivity contribution in [3.8, 4) is 0 Å². The van der Waals surface area contributed by atoms with Crippen molar-refractivity contribution in [1.82, 2.24) is 0 Å². The van der Waals surface area contributed by atoms with Gasteiger partial charge in [-0.2, -0.15) is 8.42 Å². The standard InChI is InChI=1S/C23H28F2O5S/c1-16-9-11-18(12-10-16)31(27,28)29-13-7-5-6-8-17-14-20(24)21(25)15-19(17)22(26)30-23(2,3)4/h9-12,14-15H,5-8,13H2,1-4H3. The number of carbonyl (C=O) groups excluding carboxylic acids is 1. The number of hydrogen-bond donors (Lipinski definition) is 0. The minimum absolute atomic E-state index is 0.00686. The molecule has 2 rings (SSSR count). The van der Waals surface area contributed by atoms with Crippen molar-refractivity contribution < 1.29 is 30.9 Å². The molecule has 0 spiro atoms. The van der Waals surface area contributed by atoms with Gasteiger partial charge in [0.2, 0.25) is 0 Å². The maximum absolute atomic E-state index is 13.7. The highest BCUT2D eigenvalue weighted by atomic mass is 32.2. The van der Waals surface area contributed by atoms with Crippen LogP contribution in [0.25, 0.3) is 0 Å². The third-order valence-corrected chi connectivity index (χ3v) is 5.73. The summed E-state index contributed by atoms with van der Waals surface area (Å²) in [7, 11) is -3.81. The van der Waals surface area contributed by atoms with Crippen LogP contribution in [-0.4, -0.2) is 26.6 Å². The molecule has 0 aliphatic carbocycles. The molecule has 0 fully saturated rings. The van der Waals surface area contributed by atoms with E-state index in [4.69, 9.17) is 8.92 Å². The highest BCUT2D eigenvalue weighted by molar-refractivity contribution is 7.86. The smallest absolute Gasteiger partial charge is 0.339 e. The quantitative estimate of drug-likeness (QED) is 0.290. The Bertz CT molecular complexity index is 1010. The summed E-state index contributed by atoms with van der Waals surface area (Å²) in [6, 6.07) is 8.24. The first-order valence-corrected chi connectivity index (χ1v) is 11.5. The monoisotopic (exact) mass is 454 g/mol. The Balaban J connectivity index is 1.90. The second kappa shape index (κ2) is 10.3. The van der Waals surface area contributed by atoms with Gasteiger partial charge in [-0.15, -0.1) is 0 Å². The predicted octanol–water partition coefficient (Wildman–Crippen LogP) is 5.35. The fourth-order valence-electron chi connectivity index (χ4n) is 2.85. The first kappa shape index (κ1) is 24.9. The molecule has 0 radical (unpaired) electrons. The summed E-state index contributed by atoms with van der Waals surface area (Å²) in [5.74, 6) is -2.86. The Kier molecular flexibility index (Phi) is 8.31. The number of rotatable bonds is 9. The Hall–Kier alpha value is -2.32. The topological polar surface area (TPSA) is 69.7 Å². The molecular formula is C23H28F2O5S. The van der Waals surface area contributed by atoms with Gasteiger partial charge in [-0.1, -0.05) is 24.1 Å². The lowest BCUT2D eigenvalue weighted by Gasteiger charge is -2.20. The summed E-state index contributed by atoms with van der Waals surface area (Å²) in [5.41, 5.74) is 0.523. The van der Waals surface area contributed by atoms with E-state index >= 15 is 0 Å². The van der Waals surface area contributed by atoms with Crippen LogP contribution in [0.15, 0.2) is 41.3 Å². The normalized spacial score (nSPS) is 12.1. The second-order valence-electron chi connectivity index (χ2n) is 8.33. The van der Waals surface area contributed by atoms with E-state index in [2.05, 4.69) is 0 Å². The fourth-order valence-corrected chi connectivity index (χ4v) is 3.80. The van der Waals surface area contributed by atoms with Crippen molar-refractivity contribution in [2.75, 3.05) is 6.61 Å². The maximum atomic E-state index is 13.7. The van der Waals surface area contributed by atoms with Crippen LogP contribution in [0.3, 0.4) is 0 Å². The number of carbonyl (C=O) groups is 1.